The van der Waals surface area contributed by atoms with E-state index in [0.29, 0.717) is 18.7 Å². The van der Waals surface area contributed by atoms with Crippen LogP contribution in [0.4, 0.5) is 4.79 Å². The maximum absolute atomic E-state index is 12.3. The number of amides is 3. The predicted octanol–water partition coefficient (Wildman–Crippen LogP) is 1.91. The van der Waals surface area contributed by atoms with E-state index in [4.69, 9.17) is 0 Å². The molecule has 2 aromatic rings. The zero-order valence-corrected chi connectivity index (χ0v) is 14.8. The van der Waals surface area contributed by atoms with Crippen molar-refractivity contribution in [1.29, 1.82) is 0 Å². The summed E-state index contributed by atoms with van der Waals surface area (Å²) in [7, 11) is 0. The van der Waals surface area contributed by atoms with Gasteiger partial charge in [-0.15, -0.1) is 0 Å². The second-order valence-electron chi connectivity index (χ2n) is 6.28. The Labute approximate surface area is 147 Å². The van der Waals surface area contributed by atoms with Crippen molar-refractivity contribution >= 4 is 11.9 Å². The van der Waals surface area contributed by atoms with E-state index >= 15 is 0 Å². The number of aromatic nitrogens is 2. The zero-order chi connectivity index (χ0) is 18.2. The van der Waals surface area contributed by atoms with Gasteiger partial charge in [-0.2, -0.15) is 5.10 Å². The van der Waals surface area contributed by atoms with E-state index in [0.717, 1.165) is 5.56 Å². The molecule has 0 aliphatic rings. The van der Waals surface area contributed by atoms with E-state index in [1.807, 2.05) is 45.2 Å². The SMILES string of the molecule is CC(C)NC(=O)NCc1ccc(C(=O)NC(C)Cn2cccn2)cc1. The Bertz CT molecular complexity index is 680. The van der Waals surface area contributed by atoms with E-state index in [9.17, 15) is 9.59 Å². The van der Waals surface area contributed by atoms with Crippen LogP contribution in [0.25, 0.3) is 0 Å². The second-order valence-corrected chi connectivity index (χ2v) is 6.28. The maximum atomic E-state index is 12.3. The number of carbonyl (C=O) groups is 2. The quantitative estimate of drug-likeness (QED) is 0.717. The van der Waals surface area contributed by atoms with Gasteiger partial charge >= 0.3 is 6.03 Å². The van der Waals surface area contributed by atoms with Crippen LogP contribution in [-0.2, 0) is 13.1 Å². The summed E-state index contributed by atoms with van der Waals surface area (Å²) in [6.07, 6.45) is 3.57. The molecule has 1 aromatic heterocycles. The van der Waals surface area contributed by atoms with Gasteiger partial charge in [0.2, 0.25) is 0 Å². The van der Waals surface area contributed by atoms with E-state index in [1.54, 1.807) is 23.0 Å². The maximum Gasteiger partial charge on any atom is 0.315 e. The van der Waals surface area contributed by atoms with Crippen molar-refractivity contribution in [1.82, 2.24) is 25.7 Å². The lowest BCUT2D eigenvalue weighted by Crippen LogP contribution is -2.39. The number of benzene rings is 1. The molecule has 0 spiro atoms. The lowest BCUT2D eigenvalue weighted by Gasteiger charge is -2.14. The summed E-state index contributed by atoms with van der Waals surface area (Å²) in [6, 6.07) is 8.89. The fraction of sp³-hybridized carbons (Fsp3) is 0.389. The first-order valence-electron chi connectivity index (χ1n) is 8.35. The molecule has 25 heavy (non-hydrogen) atoms. The van der Waals surface area contributed by atoms with Gasteiger partial charge in [0.1, 0.15) is 0 Å². The standard InChI is InChI=1S/C18H25N5O2/c1-13(2)21-18(25)19-11-15-5-7-16(8-6-15)17(24)22-14(3)12-23-10-4-9-20-23/h4-10,13-14H,11-12H2,1-3H3,(H,22,24)(H2,19,21,25). The molecule has 3 amide bonds. The predicted molar refractivity (Wildman–Crippen MR) is 96.1 cm³/mol. The van der Waals surface area contributed by atoms with Crippen molar-refractivity contribution < 1.29 is 9.59 Å². The highest BCUT2D eigenvalue weighted by Crippen LogP contribution is 2.05. The molecule has 0 radical (unpaired) electrons. The van der Waals surface area contributed by atoms with Crippen LogP contribution in [0.1, 0.15) is 36.7 Å². The van der Waals surface area contributed by atoms with Gasteiger partial charge in [-0.25, -0.2) is 4.79 Å². The molecule has 1 heterocycles. The number of hydrogen-bond donors (Lipinski definition) is 3. The van der Waals surface area contributed by atoms with E-state index in [-0.39, 0.29) is 24.0 Å². The first kappa shape index (κ1) is 18.5. The highest BCUT2D eigenvalue weighted by Gasteiger charge is 2.10. The van der Waals surface area contributed by atoms with Crippen LogP contribution in [0.3, 0.4) is 0 Å². The molecule has 0 aliphatic carbocycles. The minimum Gasteiger partial charge on any atom is -0.348 e. The fourth-order valence-electron chi connectivity index (χ4n) is 2.31. The van der Waals surface area contributed by atoms with Gasteiger partial charge in [0.05, 0.1) is 6.54 Å². The highest BCUT2D eigenvalue weighted by atomic mass is 16.2. The summed E-state index contributed by atoms with van der Waals surface area (Å²) in [6.45, 7) is 6.77. The van der Waals surface area contributed by atoms with Gasteiger partial charge in [0.15, 0.2) is 0 Å². The summed E-state index contributed by atoms with van der Waals surface area (Å²) in [4.78, 5) is 23.8. The third-order valence-electron chi connectivity index (χ3n) is 3.49. The summed E-state index contributed by atoms with van der Waals surface area (Å²) in [5.41, 5.74) is 1.52. The molecular formula is C18H25N5O2. The molecule has 1 aromatic carbocycles. The lowest BCUT2D eigenvalue weighted by atomic mass is 10.1. The van der Waals surface area contributed by atoms with Gasteiger partial charge in [-0.1, -0.05) is 12.1 Å². The van der Waals surface area contributed by atoms with Crippen molar-refractivity contribution in [2.45, 2.75) is 45.9 Å². The number of nitrogens with zero attached hydrogens (tertiary/aromatic N) is 2. The average molecular weight is 343 g/mol. The van der Waals surface area contributed by atoms with E-state index in [1.165, 1.54) is 0 Å². The topological polar surface area (TPSA) is 88.0 Å². The molecule has 7 nitrogen and oxygen atoms in total. The van der Waals surface area contributed by atoms with Crippen LogP contribution in [0, 0.1) is 0 Å². The first-order valence-corrected chi connectivity index (χ1v) is 8.35. The fourth-order valence-corrected chi connectivity index (χ4v) is 2.31. The van der Waals surface area contributed by atoms with Crippen LogP contribution < -0.4 is 16.0 Å². The smallest absolute Gasteiger partial charge is 0.315 e. The van der Waals surface area contributed by atoms with Crippen LogP contribution >= 0.6 is 0 Å². The molecule has 0 aliphatic heterocycles. The van der Waals surface area contributed by atoms with Gasteiger partial charge < -0.3 is 16.0 Å². The van der Waals surface area contributed by atoms with E-state index < -0.39 is 0 Å². The highest BCUT2D eigenvalue weighted by molar-refractivity contribution is 5.94. The monoisotopic (exact) mass is 343 g/mol. The molecule has 2 rings (SSSR count). The van der Waals surface area contributed by atoms with Crippen LogP contribution in [0.15, 0.2) is 42.7 Å². The molecule has 0 fully saturated rings. The Morgan fingerprint density at radius 1 is 1.12 bits per heavy atom. The first-order chi connectivity index (χ1) is 11.9. The number of urea groups is 1. The number of rotatable bonds is 7. The molecule has 134 valence electrons. The van der Waals surface area contributed by atoms with Crippen LogP contribution in [0.5, 0.6) is 0 Å². The van der Waals surface area contributed by atoms with Gasteiger partial charge in [-0.05, 0) is 44.5 Å². The minimum atomic E-state index is -0.204. The summed E-state index contributed by atoms with van der Waals surface area (Å²) < 4.78 is 1.78. The molecule has 1 atom stereocenters. The molecule has 0 bridgehead atoms. The Balaban J connectivity index is 1.82. The Morgan fingerprint density at radius 2 is 1.84 bits per heavy atom. The van der Waals surface area contributed by atoms with Gasteiger partial charge in [0.25, 0.3) is 5.91 Å². The number of hydrogen-bond acceptors (Lipinski definition) is 3. The lowest BCUT2D eigenvalue weighted by molar-refractivity contribution is 0.0936. The zero-order valence-electron chi connectivity index (χ0n) is 14.8. The number of nitrogens with one attached hydrogen (secondary N) is 3. The van der Waals surface area contributed by atoms with Crippen molar-refractivity contribution in [2.24, 2.45) is 0 Å². The number of carbonyl (C=O) groups excluding carboxylic acids is 2. The molecule has 7 heteroatoms. The summed E-state index contributed by atoms with van der Waals surface area (Å²) >= 11 is 0. The second kappa shape index (κ2) is 8.86. The van der Waals surface area contributed by atoms with Crippen LogP contribution in [-0.4, -0.2) is 33.8 Å². The van der Waals surface area contributed by atoms with Crippen molar-refractivity contribution in [3.05, 3.63) is 53.9 Å². The Kier molecular flexibility index (Phi) is 6.56. The third kappa shape index (κ3) is 6.29. The molecule has 1 unspecified atom stereocenters. The molecule has 3 N–H and O–H groups in total. The minimum absolute atomic E-state index is 0.0338. The van der Waals surface area contributed by atoms with Crippen LogP contribution in [0.2, 0.25) is 0 Å². The van der Waals surface area contributed by atoms with E-state index in [2.05, 4.69) is 21.0 Å². The average Bonchev–Trinajstić information content (AvgIpc) is 3.05. The Morgan fingerprint density at radius 3 is 2.44 bits per heavy atom. The summed E-state index contributed by atoms with van der Waals surface area (Å²) in [5, 5.41) is 12.6. The van der Waals surface area contributed by atoms with Gasteiger partial charge in [-0.3, -0.25) is 9.48 Å². The van der Waals surface area contributed by atoms with Crippen molar-refractivity contribution in [3.8, 4) is 0 Å². The van der Waals surface area contributed by atoms with Crippen molar-refractivity contribution in [3.63, 3.8) is 0 Å². The van der Waals surface area contributed by atoms with Gasteiger partial charge in [0, 0.05) is 36.6 Å². The third-order valence-corrected chi connectivity index (χ3v) is 3.49. The largest absolute Gasteiger partial charge is 0.348 e. The molecule has 0 saturated heterocycles. The Hall–Kier alpha value is -2.83. The van der Waals surface area contributed by atoms with Crippen molar-refractivity contribution in [2.75, 3.05) is 0 Å². The molecular weight excluding hydrogens is 318 g/mol. The summed E-state index contributed by atoms with van der Waals surface area (Å²) in [5.74, 6) is -0.128. The molecule has 0 saturated carbocycles. The normalized spacial score (nSPS) is 11.8.